The smallest absolute Gasteiger partial charge is 0.329 e. The highest BCUT2D eigenvalue weighted by molar-refractivity contribution is 5.77. The number of nitro groups is 1. The molecular formula is C11H16N6O3. The Labute approximate surface area is 115 Å². The number of amides is 1. The van der Waals surface area contributed by atoms with Crippen LogP contribution in [0.25, 0.3) is 0 Å². The zero-order valence-electron chi connectivity index (χ0n) is 11.1. The van der Waals surface area contributed by atoms with Crippen molar-refractivity contribution in [3.63, 3.8) is 0 Å². The van der Waals surface area contributed by atoms with E-state index in [4.69, 9.17) is 5.73 Å². The lowest BCUT2D eigenvalue weighted by atomic mass is 9.96. The second-order valence-corrected chi connectivity index (χ2v) is 4.57. The molecule has 1 fully saturated rings. The monoisotopic (exact) mass is 280 g/mol. The van der Waals surface area contributed by atoms with Crippen molar-refractivity contribution in [2.45, 2.75) is 12.8 Å². The van der Waals surface area contributed by atoms with Crippen LogP contribution in [-0.2, 0) is 4.79 Å². The summed E-state index contributed by atoms with van der Waals surface area (Å²) in [7, 11) is 1.64. The second kappa shape index (κ2) is 5.68. The highest BCUT2D eigenvalue weighted by Crippen LogP contribution is 2.29. The number of aromatic nitrogens is 2. The van der Waals surface area contributed by atoms with Crippen LogP contribution < -0.4 is 16.0 Å². The minimum Gasteiger partial charge on any atom is -0.369 e. The Morgan fingerprint density at radius 2 is 2.20 bits per heavy atom. The van der Waals surface area contributed by atoms with Gasteiger partial charge in [0.15, 0.2) is 0 Å². The molecule has 0 aliphatic carbocycles. The molecule has 3 N–H and O–H groups in total. The largest absolute Gasteiger partial charge is 0.369 e. The van der Waals surface area contributed by atoms with Crippen LogP contribution in [0.1, 0.15) is 12.8 Å². The number of nitrogens with zero attached hydrogens (tertiary/aromatic N) is 4. The summed E-state index contributed by atoms with van der Waals surface area (Å²) in [6.45, 7) is 1.02. The van der Waals surface area contributed by atoms with Gasteiger partial charge in [0.25, 0.3) is 0 Å². The van der Waals surface area contributed by atoms with Crippen molar-refractivity contribution in [3.05, 3.63) is 16.3 Å². The lowest BCUT2D eigenvalue weighted by Gasteiger charge is -2.31. The second-order valence-electron chi connectivity index (χ2n) is 4.57. The number of nitrogens with one attached hydrogen (secondary N) is 1. The van der Waals surface area contributed by atoms with Gasteiger partial charge in [0, 0.05) is 26.1 Å². The minimum atomic E-state index is -0.505. The van der Waals surface area contributed by atoms with Crippen LogP contribution in [0.2, 0.25) is 0 Å². The normalized spacial score (nSPS) is 15.9. The van der Waals surface area contributed by atoms with Crippen molar-refractivity contribution in [1.29, 1.82) is 0 Å². The zero-order valence-corrected chi connectivity index (χ0v) is 11.1. The molecule has 0 aromatic carbocycles. The molecule has 0 spiro atoms. The van der Waals surface area contributed by atoms with Gasteiger partial charge in [-0.2, -0.15) is 4.98 Å². The Hall–Kier alpha value is -2.45. The molecule has 1 aromatic rings. The van der Waals surface area contributed by atoms with Crippen LogP contribution in [0.15, 0.2) is 6.20 Å². The van der Waals surface area contributed by atoms with Gasteiger partial charge in [0.2, 0.25) is 17.7 Å². The Bertz CT molecular complexity index is 527. The first-order valence-electron chi connectivity index (χ1n) is 6.26. The van der Waals surface area contributed by atoms with Crippen molar-refractivity contribution in [3.8, 4) is 0 Å². The van der Waals surface area contributed by atoms with Gasteiger partial charge in [-0.25, -0.2) is 4.98 Å². The standard InChI is InChI=1S/C11H16N6O3/c1-13-11-14-6-8(17(19)20)10(15-11)16-4-2-7(3-5-16)9(12)18/h6-7H,2-5H2,1H3,(H2,12,18)(H,13,14,15). The van der Waals surface area contributed by atoms with E-state index < -0.39 is 4.92 Å². The summed E-state index contributed by atoms with van der Waals surface area (Å²) in [5.41, 5.74) is 5.14. The number of piperidine rings is 1. The van der Waals surface area contributed by atoms with E-state index in [1.165, 1.54) is 6.20 Å². The van der Waals surface area contributed by atoms with Crippen molar-refractivity contribution >= 4 is 23.4 Å². The highest BCUT2D eigenvalue weighted by atomic mass is 16.6. The first kappa shape index (κ1) is 14.0. The van der Waals surface area contributed by atoms with Crippen LogP contribution in [0.3, 0.4) is 0 Å². The molecule has 2 rings (SSSR count). The van der Waals surface area contributed by atoms with E-state index in [9.17, 15) is 14.9 Å². The maximum Gasteiger partial charge on any atom is 0.329 e. The van der Waals surface area contributed by atoms with Gasteiger partial charge in [-0.1, -0.05) is 0 Å². The number of nitrogens with two attached hydrogens (primary N) is 1. The number of carbonyl (C=O) groups is 1. The van der Waals surface area contributed by atoms with Gasteiger partial charge < -0.3 is 16.0 Å². The number of anilines is 2. The average Bonchev–Trinajstić information content (AvgIpc) is 2.46. The topological polar surface area (TPSA) is 127 Å². The van der Waals surface area contributed by atoms with Crippen LogP contribution in [-0.4, -0.2) is 40.9 Å². The number of hydrogen-bond acceptors (Lipinski definition) is 7. The Morgan fingerprint density at radius 3 is 2.70 bits per heavy atom. The lowest BCUT2D eigenvalue weighted by Crippen LogP contribution is -2.39. The third-order valence-corrected chi connectivity index (χ3v) is 3.37. The molecule has 9 heteroatoms. The van der Waals surface area contributed by atoms with Crippen molar-refractivity contribution < 1.29 is 9.72 Å². The SMILES string of the molecule is CNc1ncc([N+](=O)[O-])c(N2CCC(C(N)=O)CC2)n1. The molecule has 0 atom stereocenters. The summed E-state index contributed by atoms with van der Waals surface area (Å²) in [5, 5.41) is 13.8. The Morgan fingerprint density at radius 1 is 1.55 bits per heavy atom. The first-order valence-corrected chi connectivity index (χ1v) is 6.26. The maximum atomic E-state index is 11.1. The van der Waals surface area contributed by atoms with E-state index in [1.54, 1.807) is 11.9 Å². The Balaban J connectivity index is 2.23. The number of rotatable bonds is 4. The third kappa shape index (κ3) is 2.76. The van der Waals surface area contributed by atoms with E-state index in [-0.39, 0.29) is 23.3 Å². The Kier molecular flexibility index (Phi) is 3.97. The van der Waals surface area contributed by atoms with Crippen LogP contribution in [0, 0.1) is 16.0 Å². The molecule has 0 bridgehead atoms. The van der Waals surface area contributed by atoms with Gasteiger partial charge in [-0.3, -0.25) is 14.9 Å². The fourth-order valence-corrected chi connectivity index (χ4v) is 2.22. The minimum absolute atomic E-state index is 0.137. The molecule has 1 aromatic heterocycles. The predicted molar refractivity (Wildman–Crippen MR) is 72.4 cm³/mol. The summed E-state index contributed by atoms with van der Waals surface area (Å²) in [6, 6.07) is 0. The van der Waals surface area contributed by atoms with Gasteiger partial charge in [-0.15, -0.1) is 0 Å². The maximum absolute atomic E-state index is 11.1. The molecule has 108 valence electrons. The quantitative estimate of drug-likeness (QED) is 0.592. The van der Waals surface area contributed by atoms with Crippen molar-refractivity contribution in [2.75, 3.05) is 30.4 Å². The van der Waals surface area contributed by atoms with Gasteiger partial charge in [0.1, 0.15) is 6.20 Å². The molecule has 9 nitrogen and oxygen atoms in total. The van der Waals surface area contributed by atoms with E-state index in [0.717, 1.165) is 0 Å². The molecule has 1 aliphatic rings. The molecule has 0 unspecified atom stereocenters. The molecule has 1 amide bonds. The molecular weight excluding hydrogens is 264 g/mol. The van der Waals surface area contributed by atoms with Gasteiger partial charge in [-0.05, 0) is 12.8 Å². The van der Waals surface area contributed by atoms with E-state index in [2.05, 4.69) is 15.3 Å². The molecule has 1 aliphatic heterocycles. The van der Waals surface area contributed by atoms with Crippen LogP contribution >= 0.6 is 0 Å². The zero-order chi connectivity index (χ0) is 14.7. The number of primary amides is 1. The van der Waals surface area contributed by atoms with Crippen LogP contribution in [0.5, 0.6) is 0 Å². The number of hydrogen-bond donors (Lipinski definition) is 2. The fraction of sp³-hybridized carbons (Fsp3) is 0.545. The predicted octanol–water partition coefficient (Wildman–Crippen LogP) is 0.128. The summed E-state index contributed by atoms with van der Waals surface area (Å²) in [5.74, 6) is 0.105. The summed E-state index contributed by atoms with van der Waals surface area (Å²) < 4.78 is 0. The van der Waals surface area contributed by atoms with E-state index >= 15 is 0 Å². The molecule has 2 heterocycles. The average molecular weight is 280 g/mol. The summed E-state index contributed by atoms with van der Waals surface area (Å²) >= 11 is 0. The van der Waals surface area contributed by atoms with Gasteiger partial charge in [0.05, 0.1) is 4.92 Å². The molecule has 0 saturated carbocycles. The van der Waals surface area contributed by atoms with E-state index in [1.807, 2.05) is 0 Å². The fourth-order valence-electron chi connectivity index (χ4n) is 2.22. The highest BCUT2D eigenvalue weighted by Gasteiger charge is 2.28. The third-order valence-electron chi connectivity index (χ3n) is 3.37. The number of carbonyl (C=O) groups excluding carboxylic acids is 1. The molecule has 20 heavy (non-hydrogen) atoms. The summed E-state index contributed by atoms with van der Waals surface area (Å²) in [6.07, 6.45) is 2.34. The van der Waals surface area contributed by atoms with Crippen molar-refractivity contribution in [1.82, 2.24) is 9.97 Å². The van der Waals surface area contributed by atoms with Gasteiger partial charge >= 0.3 is 5.69 Å². The van der Waals surface area contributed by atoms with Crippen molar-refractivity contribution in [2.24, 2.45) is 11.7 Å². The molecule has 0 radical (unpaired) electrons. The van der Waals surface area contributed by atoms with E-state index in [0.29, 0.717) is 31.9 Å². The van der Waals surface area contributed by atoms with Crippen LogP contribution in [0.4, 0.5) is 17.5 Å². The lowest BCUT2D eigenvalue weighted by molar-refractivity contribution is -0.384. The first-order chi connectivity index (χ1) is 9.52. The molecule has 1 saturated heterocycles. The summed E-state index contributed by atoms with van der Waals surface area (Å²) in [4.78, 5) is 31.5.